The molecule has 0 spiro atoms. The van der Waals surface area contributed by atoms with Gasteiger partial charge in [-0.15, -0.1) is 0 Å². The van der Waals surface area contributed by atoms with E-state index in [-0.39, 0.29) is 0 Å². The van der Waals surface area contributed by atoms with Gasteiger partial charge in [-0.3, -0.25) is 0 Å². The molecule has 27 heavy (non-hydrogen) atoms. The lowest BCUT2D eigenvalue weighted by Crippen LogP contribution is -2.42. The third kappa shape index (κ3) is 4.29. The fourth-order valence-corrected chi connectivity index (χ4v) is 3.63. The van der Waals surface area contributed by atoms with Crippen LogP contribution in [0.25, 0.3) is 0 Å². The highest BCUT2D eigenvalue weighted by atomic mass is 16.5. The Balaban J connectivity index is 1.41. The lowest BCUT2D eigenvalue weighted by atomic mass is 10.0. The molecule has 0 radical (unpaired) electrons. The zero-order valence-corrected chi connectivity index (χ0v) is 15.3. The molecule has 140 valence electrons. The highest BCUT2D eigenvalue weighted by Gasteiger charge is 2.21. The number of ether oxygens (including phenoxy) is 1. The van der Waals surface area contributed by atoms with Crippen LogP contribution < -0.4 is 15.1 Å². The lowest BCUT2D eigenvalue weighted by Gasteiger charge is -2.35. The molecule has 1 unspecified atom stereocenters. The minimum Gasteiger partial charge on any atom is -0.378 e. The first-order chi connectivity index (χ1) is 13.3. The Hall–Kier alpha value is -2.85. The molecular weight excluding hydrogens is 340 g/mol. The van der Waals surface area contributed by atoms with Gasteiger partial charge in [-0.25, -0.2) is 4.98 Å². The van der Waals surface area contributed by atoms with Crippen LogP contribution in [0.3, 0.4) is 0 Å². The summed E-state index contributed by atoms with van der Waals surface area (Å²) in [4.78, 5) is 13.7. The monoisotopic (exact) mass is 364 g/mol. The normalized spacial score (nSPS) is 20.2. The average Bonchev–Trinajstić information content (AvgIpc) is 2.75. The molecule has 4 rings (SSSR count). The zero-order chi connectivity index (χ0) is 18.5. The van der Waals surface area contributed by atoms with Gasteiger partial charge in [-0.2, -0.15) is 10.2 Å². The molecule has 0 bridgehead atoms. The predicted molar refractivity (Wildman–Crippen MR) is 105 cm³/mol. The summed E-state index contributed by atoms with van der Waals surface area (Å²) >= 11 is 0. The van der Waals surface area contributed by atoms with Gasteiger partial charge in [0.1, 0.15) is 5.82 Å². The molecule has 1 aromatic carbocycles. The molecule has 2 aromatic rings. The maximum absolute atomic E-state index is 8.97. The van der Waals surface area contributed by atoms with Crippen LogP contribution in [0.15, 0.2) is 36.5 Å². The van der Waals surface area contributed by atoms with E-state index in [1.807, 2.05) is 36.5 Å². The number of anilines is 3. The van der Waals surface area contributed by atoms with Crippen molar-refractivity contribution < 1.29 is 4.74 Å². The molecule has 2 fully saturated rings. The molecule has 1 aromatic heterocycles. The number of morpholine rings is 1. The zero-order valence-electron chi connectivity index (χ0n) is 15.3. The van der Waals surface area contributed by atoms with E-state index < -0.39 is 0 Å². The number of rotatable bonds is 4. The van der Waals surface area contributed by atoms with Crippen LogP contribution in [0, 0.1) is 11.3 Å². The topological polar surface area (TPSA) is 77.3 Å². The number of nitrogens with zero attached hydrogens (tertiary/aromatic N) is 5. The van der Waals surface area contributed by atoms with Gasteiger partial charge in [0, 0.05) is 44.1 Å². The van der Waals surface area contributed by atoms with Gasteiger partial charge in [-0.1, -0.05) is 0 Å². The van der Waals surface area contributed by atoms with Gasteiger partial charge in [-0.05, 0) is 43.2 Å². The second-order valence-electron chi connectivity index (χ2n) is 6.93. The van der Waals surface area contributed by atoms with Crippen molar-refractivity contribution in [3.05, 3.63) is 42.1 Å². The van der Waals surface area contributed by atoms with Crippen LogP contribution in [0.2, 0.25) is 0 Å². The fraction of sp³-hybridized carbons (Fsp3) is 0.450. The standard InChI is InChI=1S/C20H24N6O/c21-14-16-3-5-18(6-4-16)26-9-1-2-17(15-26)23-19-7-8-22-20(24-19)25-10-12-27-13-11-25/h3-8,17H,1-2,9-13,15H2,(H,22,23,24). The third-order valence-corrected chi connectivity index (χ3v) is 5.07. The van der Waals surface area contributed by atoms with Crippen molar-refractivity contribution in [3.63, 3.8) is 0 Å². The number of nitriles is 1. The van der Waals surface area contributed by atoms with Crippen molar-refractivity contribution in [1.82, 2.24) is 9.97 Å². The van der Waals surface area contributed by atoms with Crippen LogP contribution >= 0.6 is 0 Å². The second kappa shape index (κ2) is 8.23. The number of benzene rings is 1. The van der Waals surface area contributed by atoms with Crippen molar-refractivity contribution in [1.29, 1.82) is 5.26 Å². The highest BCUT2D eigenvalue weighted by Crippen LogP contribution is 2.22. The molecular formula is C20H24N6O. The summed E-state index contributed by atoms with van der Waals surface area (Å²) in [6.45, 7) is 5.07. The lowest BCUT2D eigenvalue weighted by molar-refractivity contribution is 0.122. The van der Waals surface area contributed by atoms with Crippen LogP contribution in [0.5, 0.6) is 0 Å². The Kier molecular flexibility index (Phi) is 5.35. The molecule has 2 aliphatic rings. The Morgan fingerprint density at radius 3 is 2.67 bits per heavy atom. The summed E-state index contributed by atoms with van der Waals surface area (Å²) in [5.74, 6) is 1.64. The summed E-state index contributed by atoms with van der Waals surface area (Å²) < 4.78 is 5.41. The summed E-state index contributed by atoms with van der Waals surface area (Å²) in [7, 11) is 0. The molecule has 3 heterocycles. The predicted octanol–water partition coefficient (Wildman–Crippen LogP) is 2.27. The maximum Gasteiger partial charge on any atom is 0.227 e. The van der Waals surface area contributed by atoms with E-state index in [1.54, 1.807) is 0 Å². The minimum absolute atomic E-state index is 0.335. The molecule has 2 aliphatic heterocycles. The van der Waals surface area contributed by atoms with E-state index >= 15 is 0 Å². The number of aromatic nitrogens is 2. The number of piperidine rings is 1. The molecule has 7 heteroatoms. The van der Waals surface area contributed by atoms with E-state index in [1.165, 1.54) is 0 Å². The van der Waals surface area contributed by atoms with Crippen molar-refractivity contribution in [2.75, 3.05) is 54.5 Å². The van der Waals surface area contributed by atoms with Crippen LogP contribution in [0.1, 0.15) is 18.4 Å². The maximum atomic E-state index is 8.97. The highest BCUT2D eigenvalue weighted by molar-refractivity contribution is 5.51. The Labute approximate surface area is 159 Å². The largest absolute Gasteiger partial charge is 0.378 e. The van der Waals surface area contributed by atoms with E-state index in [0.717, 1.165) is 69.7 Å². The molecule has 0 saturated carbocycles. The van der Waals surface area contributed by atoms with E-state index in [4.69, 9.17) is 15.0 Å². The van der Waals surface area contributed by atoms with Gasteiger partial charge in [0.15, 0.2) is 0 Å². The van der Waals surface area contributed by atoms with Crippen molar-refractivity contribution in [3.8, 4) is 6.07 Å². The van der Waals surface area contributed by atoms with Crippen LogP contribution in [0.4, 0.5) is 17.5 Å². The van der Waals surface area contributed by atoms with Crippen LogP contribution in [-0.2, 0) is 4.74 Å². The van der Waals surface area contributed by atoms with Gasteiger partial charge in [0.25, 0.3) is 0 Å². The second-order valence-corrected chi connectivity index (χ2v) is 6.93. The van der Waals surface area contributed by atoms with Crippen molar-refractivity contribution in [2.45, 2.75) is 18.9 Å². The fourth-order valence-electron chi connectivity index (χ4n) is 3.63. The molecule has 0 amide bonds. The van der Waals surface area contributed by atoms with Gasteiger partial charge in [0.2, 0.25) is 5.95 Å². The van der Waals surface area contributed by atoms with E-state index in [0.29, 0.717) is 11.6 Å². The van der Waals surface area contributed by atoms with Gasteiger partial charge >= 0.3 is 0 Å². The van der Waals surface area contributed by atoms with Crippen molar-refractivity contribution in [2.24, 2.45) is 0 Å². The summed E-state index contributed by atoms with van der Waals surface area (Å²) in [5.41, 5.74) is 1.86. The Bertz CT molecular complexity index is 797. The SMILES string of the molecule is N#Cc1ccc(N2CCCC(Nc3ccnc(N4CCOCC4)n3)C2)cc1. The first kappa shape index (κ1) is 17.6. The van der Waals surface area contributed by atoms with Crippen LogP contribution in [-0.4, -0.2) is 55.4 Å². The smallest absolute Gasteiger partial charge is 0.227 e. The third-order valence-electron chi connectivity index (χ3n) is 5.07. The Morgan fingerprint density at radius 1 is 1.07 bits per heavy atom. The van der Waals surface area contributed by atoms with E-state index in [9.17, 15) is 0 Å². The Morgan fingerprint density at radius 2 is 1.89 bits per heavy atom. The molecule has 1 N–H and O–H groups in total. The minimum atomic E-state index is 0.335. The quantitative estimate of drug-likeness (QED) is 0.892. The average molecular weight is 364 g/mol. The first-order valence-electron chi connectivity index (χ1n) is 9.49. The van der Waals surface area contributed by atoms with E-state index in [2.05, 4.69) is 26.2 Å². The first-order valence-corrected chi connectivity index (χ1v) is 9.49. The summed E-state index contributed by atoms with van der Waals surface area (Å²) in [6.07, 6.45) is 4.06. The number of hydrogen-bond acceptors (Lipinski definition) is 7. The summed E-state index contributed by atoms with van der Waals surface area (Å²) in [5, 5.41) is 12.5. The van der Waals surface area contributed by atoms with Gasteiger partial charge < -0.3 is 19.9 Å². The molecule has 7 nitrogen and oxygen atoms in total. The molecule has 1 atom stereocenters. The van der Waals surface area contributed by atoms with Gasteiger partial charge in [0.05, 0.1) is 24.8 Å². The van der Waals surface area contributed by atoms with Crippen molar-refractivity contribution >= 4 is 17.5 Å². The molecule has 0 aliphatic carbocycles. The molecule has 2 saturated heterocycles. The summed E-state index contributed by atoms with van der Waals surface area (Å²) in [6, 6.07) is 12.3. The number of nitrogens with one attached hydrogen (secondary N) is 1. The number of hydrogen-bond donors (Lipinski definition) is 1.